The van der Waals surface area contributed by atoms with Crippen LogP contribution in [0, 0.1) is 34.6 Å². The minimum absolute atomic E-state index is 0.421. The fourth-order valence-corrected chi connectivity index (χ4v) is 6.02. The molecule has 212 valence electrons. The zero-order valence-corrected chi connectivity index (χ0v) is 25.4. The molecular weight excluding hydrogens is 532 g/mol. The van der Waals surface area contributed by atoms with Crippen molar-refractivity contribution in [1.82, 2.24) is 14.3 Å². The van der Waals surface area contributed by atoms with Crippen LogP contribution in [-0.2, 0) is 20.0 Å². The Morgan fingerprint density at radius 2 is 1.68 bits per heavy atom. The molecule has 0 aliphatic rings. The Morgan fingerprint density at radius 1 is 0.976 bits per heavy atom. The van der Waals surface area contributed by atoms with E-state index in [9.17, 15) is 4.79 Å². The SMILES string of the molecule is Cc1cc(OCCCc2c(C)n(Cc3cccc(C(N)=O)c3)c3c(-c4c(C)nn(C)c4C)cccc23)cc(C)c1Cl. The molecule has 0 aliphatic carbocycles. The number of carbonyl (C=O) groups excluding carboxylic acids is 1. The summed E-state index contributed by atoms with van der Waals surface area (Å²) in [6, 6.07) is 18.1. The number of aromatic nitrogens is 3. The Balaban J connectivity index is 1.54. The van der Waals surface area contributed by atoms with Crippen LogP contribution in [0.4, 0.5) is 0 Å². The second-order valence-electron chi connectivity index (χ2n) is 10.9. The first-order valence-electron chi connectivity index (χ1n) is 14.0. The maximum atomic E-state index is 11.9. The van der Waals surface area contributed by atoms with Gasteiger partial charge in [-0.25, -0.2) is 0 Å². The van der Waals surface area contributed by atoms with E-state index in [0.717, 1.165) is 62.8 Å². The number of nitrogens with two attached hydrogens (primary N) is 1. The predicted molar refractivity (Wildman–Crippen MR) is 167 cm³/mol. The Labute approximate surface area is 246 Å². The van der Waals surface area contributed by atoms with Gasteiger partial charge in [0.2, 0.25) is 5.91 Å². The number of primary amides is 1. The van der Waals surface area contributed by atoms with E-state index < -0.39 is 5.91 Å². The molecular formula is C34H37ClN4O2. The maximum absolute atomic E-state index is 11.9. The minimum Gasteiger partial charge on any atom is -0.494 e. The number of hydrogen-bond acceptors (Lipinski definition) is 3. The van der Waals surface area contributed by atoms with E-state index in [1.807, 2.05) is 55.9 Å². The molecule has 1 amide bonds. The number of rotatable bonds is 9. The smallest absolute Gasteiger partial charge is 0.248 e. The summed E-state index contributed by atoms with van der Waals surface area (Å²) in [5.41, 5.74) is 17.3. The van der Waals surface area contributed by atoms with E-state index in [4.69, 9.17) is 27.2 Å². The van der Waals surface area contributed by atoms with Crippen LogP contribution in [0.3, 0.4) is 0 Å². The molecule has 0 atom stereocenters. The Hall–Kier alpha value is -4.03. The van der Waals surface area contributed by atoms with Crippen molar-refractivity contribution in [2.45, 2.75) is 54.0 Å². The Kier molecular flexibility index (Phi) is 7.96. The van der Waals surface area contributed by atoms with Crippen LogP contribution in [0.5, 0.6) is 5.75 Å². The number of nitrogens with zero attached hydrogens (tertiary/aromatic N) is 3. The van der Waals surface area contributed by atoms with Crippen LogP contribution < -0.4 is 10.5 Å². The molecule has 2 N–H and O–H groups in total. The van der Waals surface area contributed by atoms with E-state index in [1.165, 1.54) is 22.2 Å². The predicted octanol–water partition coefficient (Wildman–Crippen LogP) is 7.40. The van der Waals surface area contributed by atoms with Gasteiger partial charge in [0.05, 0.1) is 17.8 Å². The number of aryl methyl sites for hydroxylation is 5. The highest BCUT2D eigenvalue weighted by molar-refractivity contribution is 6.32. The lowest BCUT2D eigenvalue weighted by molar-refractivity contribution is 0.1000. The van der Waals surface area contributed by atoms with E-state index in [1.54, 1.807) is 6.07 Å². The molecule has 0 saturated carbocycles. The molecule has 0 saturated heterocycles. The minimum atomic E-state index is -0.421. The van der Waals surface area contributed by atoms with Crippen LogP contribution in [-0.4, -0.2) is 26.9 Å². The molecule has 0 bridgehead atoms. The normalized spacial score (nSPS) is 11.4. The fourth-order valence-electron chi connectivity index (χ4n) is 5.92. The number of benzene rings is 3. The van der Waals surface area contributed by atoms with Gasteiger partial charge >= 0.3 is 0 Å². The van der Waals surface area contributed by atoms with Crippen molar-refractivity contribution in [3.8, 4) is 16.9 Å². The number of ether oxygens (including phenoxy) is 1. The number of para-hydroxylation sites is 1. The van der Waals surface area contributed by atoms with Crippen LogP contribution in [0.15, 0.2) is 54.6 Å². The van der Waals surface area contributed by atoms with Crippen molar-refractivity contribution in [3.63, 3.8) is 0 Å². The van der Waals surface area contributed by atoms with Gasteiger partial charge in [-0.05, 0) is 94.0 Å². The molecule has 41 heavy (non-hydrogen) atoms. The molecule has 3 aromatic carbocycles. The Morgan fingerprint density at radius 3 is 2.34 bits per heavy atom. The summed E-state index contributed by atoms with van der Waals surface area (Å²) in [7, 11) is 1.99. The van der Waals surface area contributed by atoms with Crippen molar-refractivity contribution in [1.29, 1.82) is 0 Å². The van der Waals surface area contributed by atoms with Crippen molar-refractivity contribution in [3.05, 3.63) is 105 Å². The lowest BCUT2D eigenvalue weighted by Gasteiger charge is -2.13. The molecule has 2 heterocycles. The van der Waals surface area contributed by atoms with Gasteiger partial charge < -0.3 is 15.0 Å². The third-order valence-electron chi connectivity index (χ3n) is 8.05. The summed E-state index contributed by atoms with van der Waals surface area (Å²) in [4.78, 5) is 11.9. The van der Waals surface area contributed by atoms with Gasteiger partial charge in [-0.2, -0.15) is 5.10 Å². The fraction of sp³-hybridized carbons (Fsp3) is 0.294. The quantitative estimate of drug-likeness (QED) is 0.188. The molecule has 6 nitrogen and oxygen atoms in total. The second kappa shape index (κ2) is 11.5. The van der Waals surface area contributed by atoms with E-state index in [-0.39, 0.29) is 0 Å². The van der Waals surface area contributed by atoms with E-state index in [2.05, 4.69) is 43.5 Å². The summed E-state index contributed by atoms with van der Waals surface area (Å²) >= 11 is 6.34. The van der Waals surface area contributed by atoms with Crippen molar-refractivity contribution in [2.24, 2.45) is 12.8 Å². The molecule has 0 radical (unpaired) electrons. The van der Waals surface area contributed by atoms with E-state index in [0.29, 0.717) is 18.7 Å². The van der Waals surface area contributed by atoms with Gasteiger partial charge in [0.15, 0.2) is 0 Å². The average molecular weight is 569 g/mol. The number of carbonyl (C=O) groups is 1. The summed E-state index contributed by atoms with van der Waals surface area (Å²) in [6.45, 7) is 11.6. The first-order chi connectivity index (χ1) is 19.6. The van der Waals surface area contributed by atoms with Gasteiger partial charge in [-0.15, -0.1) is 0 Å². The van der Waals surface area contributed by atoms with Crippen molar-refractivity contribution in [2.75, 3.05) is 6.61 Å². The molecule has 0 spiro atoms. The lowest BCUT2D eigenvalue weighted by atomic mass is 9.98. The Bertz CT molecular complexity index is 1760. The maximum Gasteiger partial charge on any atom is 0.248 e. The zero-order valence-electron chi connectivity index (χ0n) is 24.6. The van der Waals surface area contributed by atoms with E-state index >= 15 is 0 Å². The first kappa shape index (κ1) is 28.5. The van der Waals surface area contributed by atoms with Gasteiger partial charge in [-0.1, -0.05) is 41.9 Å². The lowest BCUT2D eigenvalue weighted by Crippen LogP contribution is -2.12. The molecule has 0 aliphatic heterocycles. The highest BCUT2D eigenvalue weighted by atomic mass is 35.5. The third-order valence-corrected chi connectivity index (χ3v) is 8.65. The molecule has 5 aromatic rings. The van der Waals surface area contributed by atoms with Crippen molar-refractivity contribution < 1.29 is 9.53 Å². The molecule has 7 heteroatoms. The average Bonchev–Trinajstić information content (AvgIpc) is 3.35. The number of fused-ring (bicyclic) bond motifs is 1. The third kappa shape index (κ3) is 5.49. The summed E-state index contributed by atoms with van der Waals surface area (Å²) in [5.74, 6) is 0.428. The van der Waals surface area contributed by atoms with Gasteiger partial charge in [0.25, 0.3) is 0 Å². The molecule has 0 unspecified atom stereocenters. The summed E-state index contributed by atoms with van der Waals surface area (Å²) < 4.78 is 10.5. The van der Waals surface area contributed by atoms with Crippen LogP contribution in [0.25, 0.3) is 22.0 Å². The van der Waals surface area contributed by atoms with Crippen molar-refractivity contribution >= 4 is 28.4 Å². The number of halogens is 1. The van der Waals surface area contributed by atoms with Crippen LogP contribution in [0.2, 0.25) is 5.02 Å². The van der Waals surface area contributed by atoms with Gasteiger partial charge in [0, 0.05) is 52.1 Å². The largest absolute Gasteiger partial charge is 0.494 e. The zero-order chi connectivity index (χ0) is 29.4. The molecule has 0 fully saturated rings. The van der Waals surface area contributed by atoms with Crippen LogP contribution >= 0.6 is 11.6 Å². The number of amides is 1. The first-order valence-corrected chi connectivity index (χ1v) is 14.3. The monoisotopic (exact) mass is 568 g/mol. The highest BCUT2D eigenvalue weighted by Crippen LogP contribution is 2.38. The summed E-state index contributed by atoms with van der Waals surface area (Å²) in [6.07, 6.45) is 1.74. The van der Waals surface area contributed by atoms with Gasteiger partial charge in [0.1, 0.15) is 5.75 Å². The van der Waals surface area contributed by atoms with Crippen LogP contribution in [0.1, 0.15) is 56.1 Å². The summed E-state index contributed by atoms with van der Waals surface area (Å²) in [5, 5.41) is 6.72. The second-order valence-corrected chi connectivity index (χ2v) is 11.3. The van der Waals surface area contributed by atoms with Gasteiger partial charge in [-0.3, -0.25) is 9.48 Å². The highest BCUT2D eigenvalue weighted by Gasteiger charge is 2.21. The topological polar surface area (TPSA) is 75.1 Å². The standard InChI is InChI=1S/C34H37ClN4O2/c1-20-16-27(17-21(2)32(20)35)41-15-9-14-28-23(4)39(19-25-10-7-11-26(18-25)34(36)40)33-29(28)12-8-13-30(33)31-22(3)37-38(6)24(31)5/h7-8,10-13,16-18H,9,14-15,19H2,1-6H3,(H2,36,40). The molecule has 5 rings (SSSR count). The molecule has 2 aromatic heterocycles. The number of hydrogen-bond donors (Lipinski definition) is 1.